The molecule has 0 radical (unpaired) electrons. The van der Waals surface area contributed by atoms with E-state index in [0.29, 0.717) is 16.9 Å². The first-order valence-electron chi connectivity index (χ1n) is 5.57. The number of benzene rings is 1. The van der Waals surface area contributed by atoms with Crippen molar-refractivity contribution in [1.82, 2.24) is 10.2 Å². The maximum atomic E-state index is 12.8. The summed E-state index contributed by atoms with van der Waals surface area (Å²) < 4.78 is 23.4. The highest BCUT2D eigenvalue weighted by molar-refractivity contribution is 7.99. The van der Waals surface area contributed by atoms with Crippen molar-refractivity contribution in [2.45, 2.75) is 10.3 Å². The fourth-order valence-corrected chi connectivity index (χ4v) is 2.15. The van der Waals surface area contributed by atoms with Gasteiger partial charge in [0, 0.05) is 17.3 Å². The highest BCUT2D eigenvalue weighted by Gasteiger charge is 2.12. The molecule has 0 unspecified atom stereocenters. The van der Waals surface area contributed by atoms with E-state index in [9.17, 15) is 9.18 Å². The molecule has 1 aromatic carbocycles. The summed E-state index contributed by atoms with van der Waals surface area (Å²) in [7, 11) is 0. The van der Waals surface area contributed by atoms with Gasteiger partial charge in [0.2, 0.25) is 5.89 Å². The van der Waals surface area contributed by atoms with E-state index in [-0.39, 0.29) is 22.7 Å². The van der Waals surface area contributed by atoms with Gasteiger partial charge in [0.1, 0.15) is 5.82 Å². The minimum Gasteiger partial charge on any atom is -0.447 e. The van der Waals surface area contributed by atoms with Gasteiger partial charge in [0.05, 0.1) is 0 Å². The standard InChI is InChI=1S/C13H7FN2O3S/c14-9-3-1-8(2-4-9)12-15-16-13(19-12)20-11-6-5-10(7-17)18-11/h1-7H. The normalized spacial score (nSPS) is 10.7. The third-order valence-corrected chi connectivity index (χ3v) is 3.16. The lowest BCUT2D eigenvalue weighted by molar-refractivity contribution is 0.109. The molecule has 100 valence electrons. The predicted octanol–water partition coefficient (Wildman–Crippen LogP) is 3.43. The fraction of sp³-hybridized carbons (Fsp3) is 0. The van der Waals surface area contributed by atoms with Gasteiger partial charge >= 0.3 is 0 Å². The van der Waals surface area contributed by atoms with Crippen LogP contribution in [0.1, 0.15) is 10.6 Å². The first-order chi connectivity index (χ1) is 9.74. The SMILES string of the molecule is O=Cc1ccc(Sc2nnc(-c3ccc(F)cc3)o2)o1. The van der Waals surface area contributed by atoms with Crippen molar-refractivity contribution in [3.8, 4) is 11.5 Å². The van der Waals surface area contributed by atoms with Gasteiger partial charge in [-0.1, -0.05) is 0 Å². The highest BCUT2D eigenvalue weighted by Crippen LogP contribution is 2.30. The molecule has 3 aromatic rings. The van der Waals surface area contributed by atoms with Crippen LogP contribution >= 0.6 is 11.8 Å². The zero-order valence-electron chi connectivity index (χ0n) is 9.95. The molecule has 0 bridgehead atoms. The molecule has 2 heterocycles. The number of carbonyl (C=O) groups excluding carboxylic acids is 1. The molecular weight excluding hydrogens is 283 g/mol. The Hall–Kier alpha value is -2.41. The van der Waals surface area contributed by atoms with Gasteiger partial charge < -0.3 is 8.83 Å². The van der Waals surface area contributed by atoms with Gasteiger partial charge in [0.15, 0.2) is 17.1 Å². The first kappa shape index (κ1) is 12.6. The molecule has 3 rings (SSSR count). The molecule has 0 atom stereocenters. The van der Waals surface area contributed by atoms with E-state index < -0.39 is 0 Å². The summed E-state index contributed by atoms with van der Waals surface area (Å²) in [4.78, 5) is 10.5. The van der Waals surface area contributed by atoms with E-state index in [1.165, 1.54) is 12.1 Å². The monoisotopic (exact) mass is 290 g/mol. The number of aldehydes is 1. The van der Waals surface area contributed by atoms with Crippen molar-refractivity contribution in [1.29, 1.82) is 0 Å². The second-order valence-electron chi connectivity index (χ2n) is 3.76. The molecule has 0 N–H and O–H groups in total. The number of aromatic nitrogens is 2. The molecule has 0 aliphatic carbocycles. The van der Waals surface area contributed by atoms with E-state index in [1.807, 2.05) is 0 Å². The Labute approximate surface area is 116 Å². The summed E-state index contributed by atoms with van der Waals surface area (Å²) in [5.41, 5.74) is 0.624. The number of hydrogen-bond donors (Lipinski definition) is 0. The molecule has 5 nitrogen and oxygen atoms in total. The predicted molar refractivity (Wildman–Crippen MR) is 67.9 cm³/mol. The van der Waals surface area contributed by atoms with Crippen LogP contribution in [0.15, 0.2) is 55.5 Å². The van der Waals surface area contributed by atoms with Gasteiger partial charge in [-0.25, -0.2) is 4.39 Å². The van der Waals surface area contributed by atoms with Crippen LogP contribution < -0.4 is 0 Å². The van der Waals surface area contributed by atoms with Crippen molar-refractivity contribution in [2.24, 2.45) is 0 Å². The van der Waals surface area contributed by atoms with Crippen molar-refractivity contribution >= 4 is 18.0 Å². The molecule has 0 spiro atoms. The molecule has 7 heteroatoms. The average Bonchev–Trinajstić information content (AvgIpc) is 3.09. The Balaban J connectivity index is 1.79. The Morgan fingerprint density at radius 2 is 1.85 bits per heavy atom. The van der Waals surface area contributed by atoms with Gasteiger partial charge in [0.25, 0.3) is 5.22 Å². The van der Waals surface area contributed by atoms with Gasteiger partial charge in [-0.15, -0.1) is 10.2 Å². The maximum absolute atomic E-state index is 12.8. The molecule has 0 aliphatic heterocycles. The Morgan fingerprint density at radius 3 is 2.55 bits per heavy atom. The average molecular weight is 290 g/mol. The third-order valence-electron chi connectivity index (χ3n) is 2.40. The third kappa shape index (κ3) is 2.62. The zero-order valence-corrected chi connectivity index (χ0v) is 10.8. The number of rotatable bonds is 4. The van der Waals surface area contributed by atoms with Crippen LogP contribution in [0.5, 0.6) is 0 Å². The molecule has 20 heavy (non-hydrogen) atoms. The molecular formula is C13H7FN2O3S. The van der Waals surface area contributed by atoms with Crippen LogP contribution in [0.2, 0.25) is 0 Å². The van der Waals surface area contributed by atoms with Crippen LogP contribution in [0.3, 0.4) is 0 Å². The lowest BCUT2D eigenvalue weighted by Gasteiger charge is -1.93. The van der Waals surface area contributed by atoms with E-state index in [1.54, 1.807) is 24.3 Å². The van der Waals surface area contributed by atoms with Gasteiger partial charge in [-0.05, 0) is 36.4 Å². The lowest BCUT2D eigenvalue weighted by atomic mass is 10.2. The van der Waals surface area contributed by atoms with Crippen molar-refractivity contribution in [3.63, 3.8) is 0 Å². The summed E-state index contributed by atoms with van der Waals surface area (Å²) in [6, 6.07) is 8.91. The maximum Gasteiger partial charge on any atom is 0.284 e. The summed E-state index contributed by atoms with van der Waals surface area (Å²) in [6.07, 6.45) is 0.613. The Kier molecular flexibility index (Phi) is 3.34. The summed E-state index contributed by atoms with van der Waals surface area (Å²) in [6.45, 7) is 0. The topological polar surface area (TPSA) is 69.1 Å². The molecule has 0 fully saturated rings. The van der Waals surface area contributed by atoms with Crippen molar-refractivity contribution < 1.29 is 18.0 Å². The van der Waals surface area contributed by atoms with Crippen LogP contribution in [0, 0.1) is 5.82 Å². The number of nitrogens with zero attached hydrogens (tertiary/aromatic N) is 2. The lowest BCUT2D eigenvalue weighted by Crippen LogP contribution is -1.78. The first-order valence-corrected chi connectivity index (χ1v) is 6.38. The molecule has 0 saturated carbocycles. The molecule has 0 amide bonds. The number of furan rings is 1. The minimum absolute atomic E-state index is 0.228. The van der Waals surface area contributed by atoms with E-state index in [0.717, 1.165) is 11.8 Å². The Morgan fingerprint density at radius 1 is 1.05 bits per heavy atom. The summed E-state index contributed by atoms with van der Waals surface area (Å²) >= 11 is 1.10. The summed E-state index contributed by atoms with van der Waals surface area (Å²) in [5.74, 6) is 0.181. The van der Waals surface area contributed by atoms with Gasteiger partial charge in [-0.3, -0.25) is 4.79 Å². The Bertz CT molecular complexity index is 736. The number of hydrogen-bond acceptors (Lipinski definition) is 6. The summed E-state index contributed by atoms with van der Waals surface area (Å²) in [5, 5.41) is 8.47. The minimum atomic E-state index is -0.333. The second-order valence-corrected chi connectivity index (χ2v) is 4.71. The number of carbonyl (C=O) groups is 1. The van der Waals surface area contributed by atoms with E-state index in [4.69, 9.17) is 8.83 Å². The number of halogens is 1. The second kappa shape index (κ2) is 5.30. The van der Waals surface area contributed by atoms with Crippen molar-refractivity contribution in [3.05, 3.63) is 48.0 Å². The van der Waals surface area contributed by atoms with E-state index >= 15 is 0 Å². The van der Waals surface area contributed by atoms with Crippen LogP contribution in [0.4, 0.5) is 4.39 Å². The largest absolute Gasteiger partial charge is 0.447 e. The molecule has 0 saturated heterocycles. The fourth-order valence-electron chi connectivity index (χ4n) is 1.50. The van der Waals surface area contributed by atoms with Crippen LogP contribution in [-0.4, -0.2) is 16.5 Å². The van der Waals surface area contributed by atoms with Crippen molar-refractivity contribution in [2.75, 3.05) is 0 Å². The quantitative estimate of drug-likeness (QED) is 0.686. The zero-order chi connectivity index (χ0) is 13.9. The molecule has 0 aliphatic rings. The molecule has 2 aromatic heterocycles. The van der Waals surface area contributed by atoms with E-state index in [2.05, 4.69) is 10.2 Å². The van der Waals surface area contributed by atoms with Crippen LogP contribution in [-0.2, 0) is 0 Å². The smallest absolute Gasteiger partial charge is 0.284 e. The highest BCUT2D eigenvalue weighted by atomic mass is 32.2. The van der Waals surface area contributed by atoms with Crippen LogP contribution in [0.25, 0.3) is 11.5 Å². The van der Waals surface area contributed by atoms with Gasteiger partial charge in [-0.2, -0.15) is 0 Å².